The van der Waals surface area contributed by atoms with E-state index < -0.39 is 0 Å². The van der Waals surface area contributed by atoms with Crippen molar-refractivity contribution in [3.63, 3.8) is 0 Å². The molecule has 4 heteroatoms. The molecule has 0 spiro atoms. The molecule has 1 aromatic heterocycles. The predicted molar refractivity (Wildman–Crippen MR) is 135 cm³/mol. The second-order valence-electron chi connectivity index (χ2n) is 7.10. The number of hydrogen-bond acceptors (Lipinski definition) is 1. The summed E-state index contributed by atoms with van der Waals surface area (Å²) in [7, 11) is 5.52. The van der Waals surface area contributed by atoms with E-state index in [2.05, 4.69) is 93.7 Å². The van der Waals surface area contributed by atoms with E-state index in [0.717, 1.165) is 29.3 Å². The molecule has 0 aliphatic rings. The summed E-state index contributed by atoms with van der Waals surface area (Å²) in [6.07, 6.45) is 12.6. The topological polar surface area (TPSA) is 17.8 Å². The van der Waals surface area contributed by atoms with Gasteiger partial charge in [-0.1, -0.05) is 95.1 Å². The number of benzene rings is 3. The van der Waals surface area contributed by atoms with Crippen LogP contribution in [0.2, 0.25) is 6.32 Å². The van der Waals surface area contributed by atoms with Crippen LogP contribution in [0.15, 0.2) is 120 Å². The molecular formula is C27H26BBrN2. The number of allylic oxidation sites excluding steroid dienone is 2. The number of hydrogen-bond donors (Lipinski definition) is 0. The van der Waals surface area contributed by atoms with Crippen molar-refractivity contribution in [2.45, 2.75) is 25.1 Å². The monoisotopic (exact) mass is 468 g/mol. The van der Waals surface area contributed by atoms with Gasteiger partial charge in [0.15, 0.2) is 0 Å². The van der Waals surface area contributed by atoms with Crippen molar-refractivity contribution in [1.29, 1.82) is 0 Å². The summed E-state index contributed by atoms with van der Waals surface area (Å²) in [5, 5.41) is 0. The van der Waals surface area contributed by atoms with Gasteiger partial charge in [-0.2, -0.15) is 0 Å². The molecule has 1 heterocycles. The van der Waals surface area contributed by atoms with Crippen LogP contribution in [0.3, 0.4) is 0 Å². The van der Waals surface area contributed by atoms with Gasteiger partial charge in [-0.15, -0.1) is 0 Å². The van der Waals surface area contributed by atoms with E-state index in [4.69, 9.17) is 7.85 Å². The Morgan fingerprint density at radius 3 is 1.97 bits per heavy atom. The van der Waals surface area contributed by atoms with Gasteiger partial charge in [0, 0.05) is 28.5 Å². The minimum atomic E-state index is 0.427. The smallest absolute Gasteiger partial charge is 0.0991 e. The fraction of sp³-hybridized carbons (Fsp3) is 0.148. The number of imidazole rings is 1. The van der Waals surface area contributed by atoms with Gasteiger partial charge in [-0.25, -0.2) is 4.98 Å². The molecule has 2 radical (unpaired) electrons. The molecule has 4 aromatic rings. The Balaban J connectivity index is 0.000000194. The Hall–Kier alpha value is -2.85. The summed E-state index contributed by atoms with van der Waals surface area (Å²) < 4.78 is 3.05. The summed E-state index contributed by atoms with van der Waals surface area (Å²) in [6.45, 7) is 0. The zero-order valence-corrected chi connectivity index (χ0v) is 19.1. The Morgan fingerprint density at radius 2 is 1.45 bits per heavy atom. The number of aromatic nitrogens is 2. The van der Waals surface area contributed by atoms with Crippen molar-refractivity contribution in [2.75, 3.05) is 0 Å². The van der Waals surface area contributed by atoms with Crippen LogP contribution < -0.4 is 0 Å². The average molecular weight is 469 g/mol. The van der Waals surface area contributed by atoms with Crippen molar-refractivity contribution in [1.82, 2.24) is 9.55 Å². The molecule has 0 unspecified atom stereocenters. The molecule has 0 fully saturated rings. The number of nitrogens with zero attached hydrogens (tertiary/aromatic N) is 2. The van der Waals surface area contributed by atoms with Crippen molar-refractivity contribution in [3.05, 3.63) is 131 Å². The summed E-state index contributed by atoms with van der Waals surface area (Å²) in [5.41, 5.74) is 3.85. The van der Waals surface area contributed by atoms with Crippen molar-refractivity contribution < 1.29 is 0 Å². The molecule has 3 aromatic carbocycles. The molecule has 0 aliphatic carbocycles. The fourth-order valence-electron chi connectivity index (χ4n) is 3.31. The lowest BCUT2D eigenvalue weighted by atomic mass is 9.88. The molecule has 0 bridgehead atoms. The molecule has 4 rings (SSSR count). The van der Waals surface area contributed by atoms with E-state index in [-0.39, 0.29) is 0 Å². The molecule has 31 heavy (non-hydrogen) atoms. The van der Waals surface area contributed by atoms with Crippen LogP contribution in [0.1, 0.15) is 29.9 Å². The normalized spacial score (nSPS) is 10.8. The molecule has 0 aliphatic heterocycles. The van der Waals surface area contributed by atoms with Crippen LogP contribution in [-0.4, -0.2) is 17.4 Å². The number of halogens is 1. The van der Waals surface area contributed by atoms with Crippen LogP contribution in [0.5, 0.6) is 0 Å². The van der Waals surface area contributed by atoms with E-state index in [9.17, 15) is 0 Å². The average Bonchev–Trinajstić information content (AvgIpc) is 3.36. The van der Waals surface area contributed by atoms with Gasteiger partial charge in [-0.3, -0.25) is 0 Å². The molecule has 2 nitrogen and oxygen atoms in total. The van der Waals surface area contributed by atoms with Crippen LogP contribution in [0, 0.1) is 0 Å². The zero-order chi connectivity index (χ0) is 21.7. The largest absolute Gasteiger partial charge is 0.306 e. The van der Waals surface area contributed by atoms with E-state index in [1.165, 1.54) is 11.1 Å². The maximum Gasteiger partial charge on any atom is 0.0991 e. The highest BCUT2D eigenvalue weighted by Crippen LogP contribution is 2.28. The van der Waals surface area contributed by atoms with Gasteiger partial charge in [0.1, 0.15) is 0 Å². The Kier molecular flexibility index (Phi) is 9.40. The first-order chi connectivity index (χ1) is 15.3. The quantitative estimate of drug-likeness (QED) is 0.204. The van der Waals surface area contributed by atoms with Crippen molar-refractivity contribution in [3.8, 4) is 5.69 Å². The standard InChI is InChI=1S/C18H19B.C9H7BrN2/c19-15-9-3-8-14-18(16-10-4-1-5-11-16)17-12-6-2-7-13-17;10-8-1-3-9(4-2-8)12-6-5-11-7-12/h1-8,10-13,18H,9,14-15H2;1-7H. The number of rotatable bonds is 7. The van der Waals surface area contributed by atoms with Gasteiger partial charge in [-0.05, 0) is 48.2 Å². The highest BCUT2D eigenvalue weighted by molar-refractivity contribution is 9.10. The molecule has 0 saturated heterocycles. The Bertz CT molecular complexity index is 975. The van der Waals surface area contributed by atoms with E-state index in [0.29, 0.717) is 5.92 Å². The maximum absolute atomic E-state index is 5.52. The Morgan fingerprint density at radius 1 is 0.839 bits per heavy atom. The lowest BCUT2D eigenvalue weighted by molar-refractivity contribution is 0.827. The fourth-order valence-corrected chi connectivity index (χ4v) is 3.57. The second kappa shape index (κ2) is 12.8. The van der Waals surface area contributed by atoms with Crippen LogP contribution in [-0.2, 0) is 0 Å². The van der Waals surface area contributed by atoms with Crippen molar-refractivity contribution in [2.24, 2.45) is 0 Å². The van der Waals surface area contributed by atoms with Crippen LogP contribution in [0.25, 0.3) is 5.69 Å². The summed E-state index contributed by atoms with van der Waals surface area (Å²) >= 11 is 3.38. The first-order valence-corrected chi connectivity index (χ1v) is 11.3. The third-order valence-electron chi connectivity index (χ3n) is 4.90. The lowest BCUT2D eigenvalue weighted by Gasteiger charge is -2.16. The second-order valence-corrected chi connectivity index (χ2v) is 8.02. The van der Waals surface area contributed by atoms with Gasteiger partial charge in [0.2, 0.25) is 0 Å². The van der Waals surface area contributed by atoms with E-state index >= 15 is 0 Å². The van der Waals surface area contributed by atoms with E-state index in [1.807, 2.05) is 35.0 Å². The van der Waals surface area contributed by atoms with Crippen LogP contribution >= 0.6 is 15.9 Å². The zero-order valence-electron chi connectivity index (χ0n) is 17.5. The molecule has 0 atom stereocenters. The van der Waals surface area contributed by atoms with Crippen LogP contribution in [0.4, 0.5) is 0 Å². The first-order valence-electron chi connectivity index (χ1n) is 10.5. The molecule has 154 valence electrons. The minimum Gasteiger partial charge on any atom is -0.306 e. The van der Waals surface area contributed by atoms with Gasteiger partial charge >= 0.3 is 0 Å². The predicted octanol–water partition coefficient (Wildman–Crippen LogP) is 7.38. The minimum absolute atomic E-state index is 0.427. The third kappa shape index (κ3) is 7.41. The summed E-state index contributed by atoms with van der Waals surface area (Å²) in [5.74, 6) is 0.427. The van der Waals surface area contributed by atoms with Gasteiger partial charge in [0.25, 0.3) is 0 Å². The molecule has 0 saturated carbocycles. The summed E-state index contributed by atoms with van der Waals surface area (Å²) in [6, 6.07) is 29.5. The van der Waals surface area contributed by atoms with E-state index in [1.54, 1.807) is 12.5 Å². The SMILES string of the molecule is Brc1ccc(-n2ccnc2)cc1.[B]CCC=CCC(c1ccccc1)c1ccccc1. The highest BCUT2D eigenvalue weighted by atomic mass is 79.9. The Labute approximate surface area is 195 Å². The highest BCUT2D eigenvalue weighted by Gasteiger charge is 2.11. The molecule has 0 amide bonds. The summed E-state index contributed by atoms with van der Waals surface area (Å²) in [4.78, 5) is 3.97. The third-order valence-corrected chi connectivity index (χ3v) is 5.43. The van der Waals surface area contributed by atoms with Crippen molar-refractivity contribution >= 4 is 23.8 Å². The molecule has 0 N–H and O–H groups in total. The van der Waals surface area contributed by atoms with Gasteiger partial charge in [0.05, 0.1) is 14.2 Å². The molecular weight excluding hydrogens is 443 g/mol. The lowest BCUT2D eigenvalue weighted by Crippen LogP contribution is -1.99. The first kappa shape index (κ1) is 22.8. The van der Waals surface area contributed by atoms with Gasteiger partial charge < -0.3 is 4.57 Å². The maximum atomic E-state index is 5.52.